The summed E-state index contributed by atoms with van der Waals surface area (Å²) < 4.78 is 0. The Kier molecular flexibility index (Phi) is 4.40. The van der Waals surface area contributed by atoms with Gasteiger partial charge in [-0.15, -0.1) is 0 Å². The van der Waals surface area contributed by atoms with Crippen molar-refractivity contribution >= 4 is 17.8 Å². The zero-order chi connectivity index (χ0) is 15.5. The summed E-state index contributed by atoms with van der Waals surface area (Å²) in [6.45, 7) is 2.16. The second-order valence-corrected chi connectivity index (χ2v) is 5.49. The van der Waals surface area contributed by atoms with E-state index in [4.69, 9.17) is 0 Å². The summed E-state index contributed by atoms with van der Waals surface area (Å²) in [4.78, 5) is 35.2. The van der Waals surface area contributed by atoms with Crippen molar-refractivity contribution in [1.82, 2.24) is 14.9 Å². The van der Waals surface area contributed by atoms with Gasteiger partial charge < -0.3 is 14.9 Å². The zero-order valence-electron chi connectivity index (χ0n) is 12.3. The third-order valence-corrected chi connectivity index (χ3v) is 3.92. The molecule has 1 aliphatic rings. The van der Waals surface area contributed by atoms with E-state index in [1.165, 1.54) is 4.90 Å². The third kappa shape index (κ3) is 3.12. The number of carbonyl (C=O) groups is 2. The van der Waals surface area contributed by atoms with Gasteiger partial charge in [-0.3, -0.25) is 4.79 Å². The Morgan fingerprint density at radius 1 is 1.38 bits per heavy atom. The molecule has 1 N–H and O–H groups in total. The fourth-order valence-electron chi connectivity index (χ4n) is 2.59. The van der Waals surface area contributed by atoms with Gasteiger partial charge in [0.1, 0.15) is 5.54 Å². The molecule has 1 fully saturated rings. The van der Waals surface area contributed by atoms with E-state index in [9.17, 15) is 14.7 Å². The van der Waals surface area contributed by atoms with Crippen molar-refractivity contribution in [2.24, 2.45) is 0 Å². The molecule has 0 spiro atoms. The lowest BCUT2D eigenvalue weighted by Crippen LogP contribution is -2.59. The number of hydrogen-bond donors (Lipinski definition) is 1. The number of likely N-dealkylation sites (N-methyl/N-ethyl adjacent to an activating group) is 1. The zero-order valence-corrected chi connectivity index (χ0v) is 12.3. The van der Waals surface area contributed by atoms with Crippen molar-refractivity contribution < 1.29 is 14.7 Å². The molecule has 0 aliphatic carbocycles. The lowest BCUT2D eigenvalue weighted by Gasteiger charge is -2.42. The molecule has 0 aromatic carbocycles. The van der Waals surface area contributed by atoms with Crippen molar-refractivity contribution in [2.45, 2.75) is 31.7 Å². The monoisotopic (exact) mass is 292 g/mol. The summed E-state index contributed by atoms with van der Waals surface area (Å²) in [5.74, 6) is -0.719. The van der Waals surface area contributed by atoms with Crippen LogP contribution in [0.5, 0.6) is 0 Å². The first-order valence-corrected chi connectivity index (χ1v) is 6.97. The van der Waals surface area contributed by atoms with Crippen molar-refractivity contribution in [2.75, 3.05) is 25.0 Å². The van der Waals surface area contributed by atoms with E-state index in [0.717, 1.165) is 12.8 Å². The Balaban J connectivity index is 2.10. The molecule has 7 heteroatoms. The largest absolute Gasteiger partial charge is 0.480 e. The van der Waals surface area contributed by atoms with Gasteiger partial charge in [-0.25, -0.2) is 14.8 Å². The maximum atomic E-state index is 12.5. The van der Waals surface area contributed by atoms with Crippen LogP contribution in [0.3, 0.4) is 0 Å². The molecular formula is C14H20N4O3. The van der Waals surface area contributed by atoms with E-state index in [1.807, 2.05) is 0 Å². The molecule has 1 unspecified atom stereocenters. The van der Waals surface area contributed by atoms with Crippen molar-refractivity contribution in [1.29, 1.82) is 0 Å². The number of piperidine rings is 1. The molecule has 0 saturated carbocycles. The molecule has 0 radical (unpaired) electrons. The Labute approximate surface area is 123 Å². The molecule has 7 nitrogen and oxygen atoms in total. The van der Waals surface area contributed by atoms with Crippen molar-refractivity contribution in [3.8, 4) is 0 Å². The van der Waals surface area contributed by atoms with Crippen LogP contribution in [0.2, 0.25) is 0 Å². The number of carboxylic acid groups (broad SMARTS) is 1. The Morgan fingerprint density at radius 2 is 2.05 bits per heavy atom. The fourth-order valence-corrected chi connectivity index (χ4v) is 2.59. The van der Waals surface area contributed by atoms with Gasteiger partial charge >= 0.3 is 5.97 Å². The van der Waals surface area contributed by atoms with Gasteiger partial charge in [0.2, 0.25) is 11.9 Å². The molecule has 1 aromatic rings. The molecule has 0 bridgehead atoms. The highest BCUT2D eigenvalue weighted by molar-refractivity contribution is 5.89. The van der Waals surface area contributed by atoms with Gasteiger partial charge in [-0.2, -0.15) is 0 Å². The maximum absolute atomic E-state index is 12.5. The van der Waals surface area contributed by atoms with Crippen LogP contribution in [0.25, 0.3) is 0 Å². The van der Waals surface area contributed by atoms with E-state index in [-0.39, 0.29) is 12.5 Å². The second-order valence-electron chi connectivity index (χ2n) is 5.49. The minimum absolute atomic E-state index is 0.0624. The van der Waals surface area contributed by atoms with Crippen LogP contribution >= 0.6 is 0 Å². The molecular weight excluding hydrogens is 272 g/mol. The molecule has 2 heterocycles. The number of amides is 1. The van der Waals surface area contributed by atoms with Crippen LogP contribution in [0.4, 0.5) is 5.95 Å². The van der Waals surface area contributed by atoms with Crippen LogP contribution in [-0.2, 0) is 9.59 Å². The minimum Gasteiger partial charge on any atom is -0.480 e. The van der Waals surface area contributed by atoms with Gasteiger partial charge in [0.15, 0.2) is 0 Å². The normalized spacial score (nSPS) is 21.9. The SMILES string of the molecule is CN(CC(=O)N1CCCCC1(C)C(=O)O)c1ncccn1. The number of carbonyl (C=O) groups excluding carboxylic acids is 1. The van der Waals surface area contributed by atoms with Crippen LogP contribution in [0.1, 0.15) is 26.2 Å². The van der Waals surface area contributed by atoms with Crippen LogP contribution < -0.4 is 4.90 Å². The standard InChI is InChI=1S/C14H20N4O3/c1-14(12(20)21)6-3-4-9-18(14)11(19)10-17(2)13-15-7-5-8-16-13/h5,7-8H,3-4,6,9-10H2,1-2H3,(H,20,21). The van der Waals surface area contributed by atoms with E-state index < -0.39 is 11.5 Å². The molecule has 114 valence electrons. The summed E-state index contributed by atoms with van der Waals surface area (Å²) in [6.07, 6.45) is 5.35. The van der Waals surface area contributed by atoms with Crippen LogP contribution in [-0.4, -0.2) is 57.5 Å². The maximum Gasteiger partial charge on any atom is 0.329 e. The van der Waals surface area contributed by atoms with E-state index >= 15 is 0 Å². The van der Waals surface area contributed by atoms with Gasteiger partial charge in [-0.1, -0.05) is 0 Å². The molecule has 1 saturated heterocycles. The number of hydrogen-bond acceptors (Lipinski definition) is 5. The van der Waals surface area contributed by atoms with E-state index in [1.54, 1.807) is 37.3 Å². The number of aromatic nitrogens is 2. The molecule has 1 atom stereocenters. The lowest BCUT2D eigenvalue weighted by atomic mass is 9.88. The summed E-state index contributed by atoms with van der Waals surface area (Å²) in [5.41, 5.74) is -1.12. The number of likely N-dealkylation sites (tertiary alicyclic amines) is 1. The first-order chi connectivity index (χ1) is 9.95. The number of carboxylic acids is 1. The first kappa shape index (κ1) is 15.2. The number of aliphatic carboxylic acids is 1. The molecule has 1 aliphatic heterocycles. The third-order valence-electron chi connectivity index (χ3n) is 3.92. The summed E-state index contributed by atoms with van der Waals surface area (Å²) in [5, 5.41) is 9.44. The molecule has 1 amide bonds. The smallest absolute Gasteiger partial charge is 0.329 e. The Bertz CT molecular complexity index is 522. The summed E-state index contributed by atoms with van der Waals surface area (Å²) >= 11 is 0. The highest BCUT2D eigenvalue weighted by Gasteiger charge is 2.43. The highest BCUT2D eigenvalue weighted by atomic mass is 16.4. The van der Waals surface area contributed by atoms with E-state index in [2.05, 4.69) is 9.97 Å². The minimum atomic E-state index is -1.12. The Hall–Kier alpha value is -2.18. The van der Waals surface area contributed by atoms with Crippen molar-refractivity contribution in [3.05, 3.63) is 18.5 Å². The predicted molar refractivity (Wildman–Crippen MR) is 76.9 cm³/mol. The second kappa shape index (κ2) is 6.07. The summed E-state index contributed by atoms with van der Waals surface area (Å²) in [7, 11) is 1.72. The van der Waals surface area contributed by atoms with Crippen LogP contribution in [0, 0.1) is 0 Å². The number of anilines is 1. The number of nitrogens with zero attached hydrogens (tertiary/aromatic N) is 4. The highest BCUT2D eigenvalue weighted by Crippen LogP contribution is 2.28. The van der Waals surface area contributed by atoms with Gasteiger partial charge in [0, 0.05) is 26.0 Å². The van der Waals surface area contributed by atoms with Crippen molar-refractivity contribution in [3.63, 3.8) is 0 Å². The fraction of sp³-hybridized carbons (Fsp3) is 0.571. The number of rotatable bonds is 4. The average Bonchev–Trinajstić information content (AvgIpc) is 2.48. The predicted octanol–water partition coefficient (Wildman–Crippen LogP) is 0.769. The lowest BCUT2D eigenvalue weighted by molar-refractivity contribution is -0.160. The molecule has 2 rings (SSSR count). The molecule has 21 heavy (non-hydrogen) atoms. The van der Waals surface area contributed by atoms with Gasteiger partial charge in [0.05, 0.1) is 6.54 Å². The van der Waals surface area contributed by atoms with Gasteiger partial charge in [0.25, 0.3) is 0 Å². The Morgan fingerprint density at radius 3 is 2.67 bits per heavy atom. The topological polar surface area (TPSA) is 86.6 Å². The summed E-state index contributed by atoms with van der Waals surface area (Å²) in [6, 6.07) is 1.70. The van der Waals surface area contributed by atoms with Gasteiger partial charge in [-0.05, 0) is 32.3 Å². The van der Waals surface area contributed by atoms with E-state index in [0.29, 0.717) is 18.9 Å². The van der Waals surface area contributed by atoms with Crippen LogP contribution in [0.15, 0.2) is 18.5 Å². The quantitative estimate of drug-likeness (QED) is 0.882. The average molecular weight is 292 g/mol. The first-order valence-electron chi connectivity index (χ1n) is 6.97. The molecule has 1 aromatic heterocycles.